The van der Waals surface area contributed by atoms with E-state index in [0.29, 0.717) is 58.6 Å². The number of aliphatic hydroxyl groups is 1. The van der Waals surface area contributed by atoms with E-state index in [2.05, 4.69) is 20.9 Å². The number of primary amides is 1. The summed E-state index contributed by atoms with van der Waals surface area (Å²) in [4.78, 5) is 87.0. The minimum absolute atomic E-state index is 0.00201. The third kappa shape index (κ3) is 13.3. The van der Waals surface area contributed by atoms with Crippen molar-refractivity contribution in [3.8, 4) is 11.5 Å². The van der Waals surface area contributed by atoms with Crippen LogP contribution in [0.4, 0.5) is 31.4 Å². The lowest BCUT2D eigenvalue weighted by atomic mass is 9.92. The van der Waals surface area contributed by atoms with Gasteiger partial charge >= 0.3 is 18.2 Å². The summed E-state index contributed by atoms with van der Waals surface area (Å²) < 4.78 is 18.9. The molecule has 4 aromatic carbocycles. The van der Waals surface area contributed by atoms with E-state index in [4.69, 9.17) is 37.3 Å². The smallest absolute Gasteiger partial charge is 0.415 e. The first-order valence-electron chi connectivity index (χ1n) is 23.4. The topological polar surface area (TPSA) is 286 Å². The summed E-state index contributed by atoms with van der Waals surface area (Å²) in [5.41, 5.74) is 15.7. The molecule has 73 heavy (non-hydrogen) atoms. The summed E-state index contributed by atoms with van der Waals surface area (Å²) in [7, 11) is 1.52. The van der Waals surface area contributed by atoms with Crippen LogP contribution in [0.15, 0.2) is 97.3 Å². The minimum atomic E-state index is -0.801. The van der Waals surface area contributed by atoms with E-state index in [9.17, 15) is 39.0 Å². The summed E-state index contributed by atoms with van der Waals surface area (Å²) in [6, 6.07) is 21.6. The van der Waals surface area contributed by atoms with Crippen LogP contribution >= 0.6 is 11.6 Å². The molecule has 0 saturated carbocycles. The molecule has 1 aliphatic rings. The Bertz CT molecular complexity index is 2970. The molecule has 0 aliphatic carbocycles. The molecular weight excluding hydrogens is 964 g/mol. The molecule has 0 fully saturated rings. The van der Waals surface area contributed by atoms with Crippen molar-refractivity contribution in [1.29, 1.82) is 0 Å². The van der Waals surface area contributed by atoms with E-state index in [1.807, 2.05) is 25.1 Å². The highest BCUT2D eigenvalue weighted by Crippen LogP contribution is 2.47. The number of fused-ring (bicyclic) bond motifs is 4. The van der Waals surface area contributed by atoms with Crippen LogP contribution in [0.2, 0.25) is 0 Å². The van der Waals surface area contributed by atoms with Gasteiger partial charge in [-0.3, -0.25) is 14.4 Å². The van der Waals surface area contributed by atoms with Crippen molar-refractivity contribution in [3.63, 3.8) is 0 Å². The summed E-state index contributed by atoms with van der Waals surface area (Å²) in [6.45, 7) is 2.31. The fraction of sp³-hybridized carbons (Fsp3) is 0.314. The van der Waals surface area contributed by atoms with E-state index in [1.165, 1.54) is 41.1 Å². The summed E-state index contributed by atoms with van der Waals surface area (Å²) in [5.74, 6) is -1.10. The Hall–Kier alpha value is -7.98. The quantitative estimate of drug-likeness (QED) is 0.0345. The number of imidazole rings is 1. The number of likely N-dealkylation sites (N-methyl/N-ethyl adjacent to an activating group) is 1. The van der Waals surface area contributed by atoms with Gasteiger partial charge in [-0.25, -0.2) is 19.4 Å². The molecule has 0 bridgehead atoms. The number of aromatic hydroxyl groups is 1. The molecular formula is C51H57ClN10O11. The first kappa shape index (κ1) is 52.8. The van der Waals surface area contributed by atoms with Gasteiger partial charge in [-0.05, 0) is 90.4 Å². The van der Waals surface area contributed by atoms with Crippen molar-refractivity contribution in [2.24, 2.45) is 11.5 Å². The monoisotopic (exact) mass is 1020 g/mol. The number of aryl methyl sites for hydroxylation is 1. The molecule has 0 radical (unpaired) electrons. The number of pyridine rings is 1. The van der Waals surface area contributed by atoms with Crippen LogP contribution < -0.4 is 37.1 Å². The number of aliphatic hydroxyl groups excluding tert-OH is 1. The van der Waals surface area contributed by atoms with Crippen LogP contribution in [0, 0.1) is 6.92 Å². The number of urea groups is 1. The fourth-order valence-electron chi connectivity index (χ4n) is 8.21. The predicted octanol–water partition coefficient (Wildman–Crippen LogP) is 5.53. The second-order valence-electron chi connectivity index (χ2n) is 17.3. The number of hydrogen-bond acceptors (Lipinski definition) is 13. The number of hydrogen-bond donors (Lipinski definition) is 7. The third-order valence-electron chi connectivity index (χ3n) is 12.1. The number of phenolic OH excluding ortho intramolecular Hbond substituents is 1. The highest BCUT2D eigenvalue weighted by Gasteiger charge is 2.37. The number of carbonyl (C=O) groups is 6. The van der Waals surface area contributed by atoms with Crippen LogP contribution in [0.3, 0.4) is 0 Å². The number of rotatable bonds is 21. The number of nitrogens with one attached hydrogen (secondary N) is 3. The number of anilines is 3. The van der Waals surface area contributed by atoms with Crippen LogP contribution in [-0.4, -0.2) is 137 Å². The Kier molecular flexibility index (Phi) is 17.7. The van der Waals surface area contributed by atoms with Gasteiger partial charge in [0.05, 0.1) is 37.2 Å². The lowest BCUT2D eigenvalue weighted by Gasteiger charge is -2.26. The van der Waals surface area contributed by atoms with Crippen LogP contribution in [0.1, 0.15) is 56.3 Å². The third-order valence-corrected chi connectivity index (χ3v) is 12.4. The lowest BCUT2D eigenvalue weighted by molar-refractivity contribution is -0.117. The van der Waals surface area contributed by atoms with Gasteiger partial charge < -0.3 is 70.9 Å². The largest absolute Gasteiger partial charge is 0.508 e. The van der Waals surface area contributed by atoms with Crippen molar-refractivity contribution in [2.45, 2.75) is 38.3 Å². The molecule has 0 spiro atoms. The number of phenols is 1. The van der Waals surface area contributed by atoms with Gasteiger partial charge in [-0.2, -0.15) is 0 Å². The maximum absolute atomic E-state index is 14.5. The summed E-state index contributed by atoms with van der Waals surface area (Å²) in [5, 5.41) is 28.3. The number of benzene rings is 4. The fourth-order valence-corrected chi connectivity index (χ4v) is 8.46. The van der Waals surface area contributed by atoms with Crippen molar-refractivity contribution in [2.75, 3.05) is 81.0 Å². The molecule has 0 saturated heterocycles. The van der Waals surface area contributed by atoms with Crippen LogP contribution in [0.5, 0.6) is 11.5 Å². The van der Waals surface area contributed by atoms with Gasteiger partial charge in [-0.1, -0.05) is 30.3 Å². The Balaban J connectivity index is 1.03. The molecule has 384 valence electrons. The summed E-state index contributed by atoms with van der Waals surface area (Å²) in [6.07, 6.45) is 2.58. The molecule has 22 heteroatoms. The van der Waals surface area contributed by atoms with E-state index >= 15 is 0 Å². The Morgan fingerprint density at radius 2 is 1.67 bits per heavy atom. The van der Waals surface area contributed by atoms with Crippen molar-refractivity contribution in [1.82, 2.24) is 24.5 Å². The molecule has 7 rings (SSSR count). The number of halogens is 1. The zero-order chi connectivity index (χ0) is 52.2. The van der Waals surface area contributed by atoms with Gasteiger partial charge in [0.2, 0.25) is 5.91 Å². The first-order valence-corrected chi connectivity index (χ1v) is 23.9. The molecule has 9 N–H and O–H groups in total. The molecule has 7 amide bonds. The normalized spacial score (nSPS) is 13.3. The van der Waals surface area contributed by atoms with Gasteiger partial charge in [-0.15, -0.1) is 11.6 Å². The zero-order valence-corrected chi connectivity index (χ0v) is 41.0. The van der Waals surface area contributed by atoms with E-state index in [-0.39, 0.29) is 81.6 Å². The van der Waals surface area contributed by atoms with Crippen LogP contribution in [0.25, 0.3) is 16.4 Å². The highest BCUT2D eigenvalue weighted by molar-refractivity contribution is 6.19. The number of alkyl halides is 1. The molecule has 3 heterocycles. The molecule has 6 aromatic rings. The SMILES string of the molecule is Cc1cccc2c(OC(=O)N(CCOCCO)CCN(C)C(=O)OCc3ccc(NC(=O)[C@@H](N)CCCNC(N)=O)cc3)cc3c(c12)[C@H](CCl)CN3C(=O)c1cn2cc(NC(=O)c3ccc(O)cc3)ccc2n1. The molecule has 21 nitrogen and oxygen atoms in total. The van der Waals surface area contributed by atoms with Crippen molar-refractivity contribution < 1.29 is 53.2 Å². The van der Waals surface area contributed by atoms with Gasteiger partial charge in [0.15, 0.2) is 0 Å². The molecule has 2 aromatic heterocycles. The lowest BCUT2D eigenvalue weighted by Crippen LogP contribution is -2.42. The molecule has 0 unspecified atom stereocenters. The second kappa shape index (κ2) is 24.4. The average Bonchev–Trinajstić information content (AvgIpc) is 3.98. The van der Waals surface area contributed by atoms with E-state index < -0.39 is 42.0 Å². The highest BCUT2D eigenvalue weighted by atomic mass is 35.5. The Labute approximate surface area is 424 Å². The number of carbonyl (C=O) groups excluding carboxylic acids is 6. The maximum atomic E-state index is 14.5. The van der Waals surface area contributed by atoms with Gasteiger partial charge in [0, 0.05) is 86.7 Å². The number of amides is 7. The zero-order valence-electron chi connectivity index (χ0n) is 40.2. The van der Waals surface area contributed by atoms with Crippen LogP contribution in [-0.2, 0) is 20.9 Å². The van der Waals surface area contributed by atoms with E-state index in [1.54, 1.807) is 64.2 Å². The number of nitrogens with two attached hydrogens (primary N) is 2. The number of ether oxygens (including phenoxy) is 3. The molecule has 2 atom stereocenters. The maximum Gasteiger partial charge on any atom is 0.415 e. The van der Waals surface area contributed by atoms with Crippen molar-refractivity contribution >= 4 is 81.0 Å². The average molecular weight is 1020 g/mol. The van der Waals surface area contributed by atoms with Gasteiger partial charge in [0.25, 0.3) is 11.8 Å². The second-order valence-corrected chi connectivity index (χ2v) is 17.6. The van der Waals surface area contributed by atoms with E-state index in [0.717, 1.165) is 16.5 Å². The van der Waals surface area contributed by atoms with Gasteiger partial charge in [0.1, 0.15) is 29.4 Å². The Morgan fingerprint density at radius 1 is 0.918 bits per heavy atom. The molecule has 1 aliphatic heterocycles. The number of aromatic nitrogens is 2. The first-order chi connectivity index (χ1) is 35.1. The Morgan fingerprint density at radius 3 is 2.40 bits per heavy atom. The predicted molar refractivity (Wildman–Crippen MR) is 273 cm³/mol. The summed E-state index contributed by atoms with van der Waals surface area (Å²) >= 11 is 6.61. The number of nitrogens with zero attached hydrogens (tertiary/aromatic N) is 5. The minimum Gasteiger partial charge on any atom is -0.508 e. The standard InChI is InChI=1S/C51H57ClN10O11/c1-31-5-3-6-38-42(25-41-45(44(31)38)34(26-52)27-62(41)48(67)40-29-61-28-36(14-17-43(61)58-40)57-46(65)33-10-15-37(64)16-11-33)73-51(70)60(21-23-71-24-22-63)20-19-59(2)50(69)72-30-32-8-12-35(13-9-32)56-47(66)39(53)7-4-18-55-49(54)68/h3,5-6,8-17,25,28-29,34,39,63-64H,4,7,18-24,26-27,30,53H2,1-2H3,(H,56,66)(H,57,65)(H3,54,55,68)/t34-,39+/m1/s1. The van der Waals surface area contributed by atoms with Crippen molar-refractivity contribution in [3.05, 3.63) is 125 Å².